The first kappa shape index (κ1) is 24.2. The number of rotatable bonds is 11. The first-order valence-corrected chi connectivity index (χ1v) is 12.6. The van der Waals surface area contributed by atoms with Gasteiger partial charge in [0.05, 0.1) is 18.1 Å². The lowest BCUT2D eigenvalue weighted by Gasteiger charge is -2.18. The van der Waals surface area contributed by atoms with E-state index in [-0.39, 0.29) is 11.8 Å². The number of carbonyl (C=O) groups is 1. The summed E-state index contributed by atoms with van der Waals surface area (Å²) in [7, 11) is 0. The van der Waals surface area contributed by atoms with Gasteiger partial charge in [-0.25, -0.2) is 14.6 Å². The Morgan fingerprint density at radius 1 is 0.811 bits per heavy atom. The fourth-order valence-electron chi connectivity index (χ4n) is 4.53. The van der Waals surface area contributed by atoms with Crippen LogP contribution in [0.4, 0.5) is 5.82 Å². The molecule has 0 aliphatic rings. The van der Waals surface area contributed by atoms with E-state index in [1.165, 1.54) is 5.56 Å². The van der Waals surface area contributed by atoms with Crippen molar-refractivity contribution in [3.63, 3.8) is 0 Å². The first-order valence-electron chi connectivity index (χ1n) is 12.6. The van der Waals surface area contributed by atoms with Crippen molar-refractivity contribution in [2.75, 3.05) is 18.4 Å². The minimum absolute atomic E-state index is 0.00481. The second-order valence-electron chi connectivity index (χ2n) is 8.92. The summed E-state index contributed by atoms with van der Waals surface area (Å²) in [5, 5.41) is 11.8. The van der Waals surface area contributed by atoms with E-state index in [2.05, 4.69) is 62.1 Å². The van der Waals surface area contributed by atoms with Crippen molar-refractivity contribution in [3.05, 3.63) is 120 Å². The highest BCUT2D eigenvalue weighted by Gasteiger charge is 2.18. The number of benzene rings is 3. The van der Waals surface area contributed by atoms with Crippen LogP contribution in [-0.2, 0) is 17.8 Å². The summed E-state index contributed by atoms with van der Waals surface area (Å²) < 4.78 is 1.81. The summed E-state index contributed by atoms with van der Waals surface area (Å²) in [5.41, 5.74) is 4.28. The van der Waals surface area contributed by atoms with Crippen LogP contribution in [0.15, 0.2) is 104 Å². The fraction of sp³-hybridized carbons (Fsp3) is 0.200. The number of aromatic nitrogens is 4. The highest BCUT2D eigenvalue weighted by atomic mass is 16.1. The maximum Gasteiger partial charge on any atom is 0.221 e. The summed E-state index contributed by atoms with van der Waals surface area (Å²) in [6.07, 6.45) is 4.61. The Hall–Kier alpha value is -4.52. The predicted molar refractivity (Wildman–Crippen MR) is 146 cm³/mol. The van der Waals surface area contributed by atoms with E-state index < -0.39 is 0 Å². The molecule has 0 saturated heterocycles. The third-order valence-corrected chi connectivity index (χ3v) is 6.42. The number of amides is 1. The number of hydrogen-bond acceptors (Lipinski definition) is 5. The molecule has 0 atom stereocenters. The molecule has 0 aliphatic heterocycles. The average Bonchev–Trinajstić information content (AvgIpc) is 3.37. The molecule has 0 spiro atoms. The minimum Gasteiger partial charge on any atom is -0.369 e. The number of fused-ring (bicyclic) bond motifs is 1. The van der Waals surface area contributed by atoms with Crippen LogP contribution in [0.3, 0.4) is 0 Å². The SMILES string of the molecule is O=C(CC(c1ccccc1)c1ccccc1)NCCn1ncc2c(NCCc3ccccc3)ncnc21. The third-order valence-electron chi connectivity index (χ3n) is 6.42. The van der Waals surface area contributed by atoms with E-state index in [1.54, 1.807) is 12.5 Å². The largest absolute Gasteiger partial charge is 0.369 e. The van der Waals surface area contributed by atoms with Crippen LogP contribution >= 0.6 is 0 Å². The molecule has 0 saturated carbocycles. The molecule has 2 heterocycles. The molecule has 3 aromatic carbocycles. The molecule has 186 valence electrons. The van der Waals surface area contributed by atoms with Gasteiger partial charge in [0, 0.05) is 25.4 Å². The molecule has 0 radical (unpaired) electrons. The summed E-state index contributed by atoms with van der Waals surface area (Å²) >= 11 is 0. The summed E-state index contributed by atoms with van der Waals surface area (Å²) in [4.78, 5) is 21.7. The van der Waals surface area contributed by atoms with Crippen LogP contribution in [0.25, 0.3) is 11.0 Å². The van der Waals surface area contributed by atoms with Gasteiger partial charge in [0.25, 0.3) is 0 Å². The Morgan fingerprint density at radius 3 is 2.14 bits per heavy atom. The van der Waals surface area contributed by atoms with Crippen molar-refractivity contribution < 1.29 is 4.79 Å². The zero-order chi connectivity index (χ0) is 25.3. The van der Waals surface area contributed by atoms with Gasteiger partial charge in [-0.05, 0) is 23.1 Å². The number of nitrogens with zero attached hydrogens (tertiary/aromatic N) is 4. The van der Waals surface area contributed by atoms with E-state index in [9.17, 15) is 4.79 Å². The molecule has 0 fully saturated rings. The second kappa shape index (κ2) is 11.9. The predicted octanol–water partition coefficient (Wildman–Crippen LogP) is 4.82. The van der Waals surface area contributed by atoms with Crippen LogP contribution in [0, 0.1) is 0 Å². The van der Waals surface area contributed by atoms with E-state index in [0.29, 0.717) is 19.5 Å². The van der Waals surface area contributed by atoms with E-state index in [1.807, 2.05) is 59.3 Å². The lowest BCUT2D eigenvalue weighted by atomic mass is 9.88. The zero-order valence-electron chi connectivity index (χ0n) is 20.6. The van der Waals surface area contributed by atoms with Gasteiger partial charge >= 0.3 is 0 Å². The number of anilines is 1. The lowest BCUT2D eigenvalue weighted by Crippen LogP contribution is -2.29. The van der Waals surface area contributed by atoms with E-state index >= 15 is 0 Å². The molecule has 2 aromatic heterocycles. The van der Waals surface area contributed by atoms with Crippen LogP contribution in [0.1, 0.15) is 29.0 Å². The Bertz CT molecular complexity index is 1380. The van der Waals surface area contributed by atoms with Gasteiger partial charge in [0.1, 0.15) is 12.1 Å². The lowest BCUT2D eigenvalue weighted by molar-refractivity contribution is -0.121. The zero-order valence-corrected chi connectivity index (χ0v) is 20.6. The topological polar surface area (TPSA) is 84.7 Å². The van der Waals surface area contributed by atoms with Gasteiger partial charge in [-0.3, -0.25) is 4.79 Å². The Balaban J connectivity index is 1.18. The molecule has 0 unspecified atom stereocenters. The summed E-state index contributed by atoms with van der Waals surface area (Å²) in [5.74, 6) is 0.780. The van der Waals surface area contributed by atoms with Crippen LogP contribution in [0.5, 0.6) is 0 Å². The van der Waals surface area contributed by atoms with Crippen molar-refractivity contribution in [1.29, 1.82) is 0 Å². The summed E-state index contributed by atoms with van der Waals surface area (Å²) in [6, 6.07) is 30.7. The number of nitrogens with one attached hydrogen (secondary N) is 2. The molecule has 37 heavy (non-hydrogen) atoms. The monoisotopic (exact) mass is 490 g/mol. The van der Waals surface area contributed by atoms with E-state index in [0.717, 1.165) is 40.9 Å². The Labute approximate surface area is 216 Å². The maximum atomic E-state index is 12.9. The third kappa shape index (κ3) is 6.19. The summed E-state index contributed by atoms with van der Waals surface area (Å²) in [6.45, 7) is 1.76. The molecular weight excluding hydrogens is 460 g/mol. The Morgan fingerprint density at radius 2 is 1.46 bits per heavy atom. The van der Waals surface area contributed by atoms with Gasteiger partial charge < -0.3 is 10.6 Å². The quantitative estimate of drug-likeness (QED) is 0.277. The van der Waals surface area contributed by atoms with Crippen molar-refractivity contribution >= 4 is 22.8 Å². The van der Waals surface area contributed by atoms with Crippen LogP contribution in [0.2, 0.25) is 0 Å². The van der Waals surface area contributed by atoms with Crippen molar-refractivity contribution in [2.45, 2.75) is 25.3 Å². The molecule has 5 aromatic rings. The van der Waals surface area contributed by atoms with Gasteiger partial charge in [-0.1, -0.05) is 91.0 Å². The fourth-order valence-corrected chi connectivity index (χ4v) is 4.53. The maximum absolute atomic E-state index is 12.9. The molecule has 7 nitrogen and oxygen atoms in total. The molecule has 0 aliphatic carbocycles. The number of hydrogen-bond donors (Lipinski definition) is 2. The van der Waals surface area contributed by atoms with Gasteiger partial charge in [0.2, 0.25) is 5.91 Å². The molecule has 0 bridgehead atoms. The average molecular weight is 491 g/mol. The Kier molecular flexibility index (Phi) is 7.81. The van der Waals surface area contributed by atoms with Gasteiger partial charge in [0.15, 0.2) is 5.65 Å². The normalized spacial score (nSPS) is 11.1. The van der Waals surface area contributed by atoms with Gasteiger partial charge in [-0.2, -0.15) is 5.10 Å². The van der Waals surface area contributed by atoms with Crippen LogP contribution < -0.4 is 10.6 Å². The second-order valence-corrected chi connectivity index (χ2v) is 8.92. The highest BCUT2D eigenvalue weighted by Crippen LogP contribution is 2.27. The van der Waals surface area contributed by atoms with Gasteiger partial charge in [-0.15, -0.1) is 0 Å². The molecular formula is C30H30N6O. The number of carbonyl (C=O) groups excluding carboxylic acids is 1. The minimum atomic E-state index is 0.00481. The first-order chi connectivity index (χ1) is 18.3. The molecule has 2 N–H and O–H groups in total. The van der Waals surface area contributed by atoms with Crippen LogP contribution in [-0.4, -0.2) is 38.7 Å². The standard InChI is InChI=1S/C30H30N6O/c37-28(20-26(24-12-6-2-7-13-24)25-14-8-3-9-15-25)31-18-19-36-30-27(21-35-36)29(33-22-34-30)32-17-16-23-10-4-1-5-11-23/h1-15,21-22,26H,16-20H2,(H,31,37)(H,32,33,34). The molecule has 7 heteroatoms. The van der Waals surface area contributed by atoms with Crippen molar-refractivity contribution in [1.82, 2.24) is 25.1 Å². The molecule has 1 amide bonds. The smallest absolute Gasteiger partial charge is 0.221 e. The highest BCUT2D eigenvalue weighted by molar-refractivity contribution is 5.86. The van der Waals surface area contributed by atoms with E-state index in [4.69, 9.17) is 0 Å². The van der Waals surface area contributed by atoms with Crippen molar-refractivity contribution in [2.24, 2.45) is 0 Å². The molecule has 5 rings (SSSR count). The van der Waals surface area contributed by atoms with Crippen molar-refractivity contribution in [3.8, 4) is 0 Å².